The van der Waals surface area contributed by atoms with E-state index in [1.165, 1.54) is 7.11 Å². The second-order valence-corrected chi connectivity index (χ2v) is 4.95. The van der Waals surface area contributed by atoms with Gasteiger partial charge in [-0.05, 0) is 24.9 Å². The molecule has 0 bridgehead atoms. The van der Waals surface area contributed by atoms with Crippen LogP contribution < -0.4 is 10.6 Å². The number of hydrogen-bond donors (Lipinski definition) is 2. The topological polar surface area (TPSA) is 67.4 Å². The number of urea groups is 1. The standard InChI is InChI=1S/C12H24N2O3S/c1-4-5-6-8-13-12(16)14-10(7-9-18-3)11(15)17-2/h10H,4-9H2,1-3H3,(H2,13,14,16). The first kappa shape index (κ1) is 17.1. The van der Waals surface area contributed by atoms with E-state index in [-0.39, 0.29) is 6.03 Å². The number of ether oxygens (including phenoxy) is 1. The highest BCUT2D eigenvalue weighted by atomic mass is 32.2. The van der Waals surface area contributed by atoms with Gasteiger partial charge in [0.15, 0.2) is 0 Å². The van der Waals surface area contributed by atoms with Gasteiger partial charge in [-0.3, -0.25) is 0 Å². The Morgan fingerprint density at radius 3 is 2.61 bits per heavy atom. The van der Waals surface area contributed by atoms with Crippen LogP contribution in [0, 0.1) is 0 Å². The number of rotatable bonds is 9. The third kappa shape index (κ3) is 8.22. The summed E-state index contributed by atoms with van der Waals surface area (Å²) in [5.74, 6) is 0.406. The second-order valence-electron chi connectivity index (χ2n) is 3.96. The number of esters is 1. The van der Waals surface area contributed by atoms with E-state index in [9.17, 15) is 9.59 Å². The first-order valence-electron chi connectivity index (χ1n) is 6.26. The van der Waals surface area contributed by atoms with Gasteiger partial charge in [-0.15, -0.1) is 0 Å². The summed E-state index contributed by atoms with van der Waals surface area (Å²) in [5, 5.41) is 5.38. The zero-order valence-corrected chi connectivity index (χ0v) is 12.3. The number of amides is 2. The minimum atomic E-state index is -0.561. The summed E-state index contributed by atoms with van der Waals surface area (Å²) in [6.07, 6.45) is 5.70. The molecule has 0 aliphatic heterocycles. The van der Waals surface area contributed by atoms with E-state index in [2.05, 4.69) is 22.3 Å². The third-order valence-corrected chi connectivity index (χ3v) is 3.11. The van der Waals surface area contributed by atoms with Crippen molar-refractivity contribution in [1.29, 1.82) is 0 Å². The number of carbonyl (C=O) groups is 2. The summed E-state index contributed by atoms with van der Waals surface area (Å²) >= 11 is 1.63. The van der Waals surface area contributed by atoms with Crippen LogP contribution in [0.1, 0.15) is 32.6 Å². The van der Waals surface area contributed by atoms with Crippen molar-refractivity contribution in [3.63, 3.8) is 0 Å². The number of hydrogen-bond acceptors (Lipinski definition) is 4. The van der Waals surface area contributed by atoms with Gasteiger partial charge in [-0.25, -0.2) is 9.59 Å². The minimum Gasteiger partial charge on any atom is -0.467 e. The quantitative estimate of drug-likeness (QED) is 0.497. The van der Waals surface area contributed by atoms with Crippen LogP contribution in [-0.2, 0) is 9.53 Å². The summed E-state index contributed by atoms with van der Waals surface area (Å²) in [6.45, 7) is 2.74. The van der Waals surface area contributed by atoms with Crippen LogP contribution >= 0.6 is 11.8 Å². The maximum Gasteiger partial charge on any atom is 0.328 e. The molecule has 0 fully saturated rings. The Bertz CT molecular complexity index is 249. The molecule has 0 aromatic rings. The maximum absolute atomic E-state index is 11.6. The molecule has 0 aromatic heterocycles. The molecule has 0 aliphatic rings. The lowest BCUT2D eigenvalue weighted by Crippen LogP contribution is -2.46. The van der Waals surface area contributed by atoms with E-state index in [0.29, 0.717) is 13.0 Å². The molecule has 0 radical (unpaired) electrons. The lowest BCUT2D eigenvalue weighted by molar-refractivity contribution is -0.142. The number of methoxy groups -OCH3 is 1. The molecule has 0 saturated heterocycles. The van der Waals surface area contributed by atoms with Gasteiger partial charge in [0.1, 0.15) is 6.04 Å². The number of unbranched alkanes of at least 4 members (excludes halogenated alkanes) is 2. The third-order valence-electron chi connectivity index (χ3n) is 2.47. The van der Waals surface area contributed by atoms with Crippen molar-refractivity contribution < 1.29 is 14.3 Å². The van der Waals surface area contributed by atoms with Crippen molar-refractivity contribution in [1.82, 2.24) is 10.6 Å². The first-order valence-corrected chi connectivity index (χ1v) is 7.66. The minimum absolute atomic E-state index is 0.303. The molecule has 6 heteroatoms. The summed E-state index contributed by atoms with van der Waals surface area (Å²) in [6, 6.07) is -0.865. The molecule has 0 aliphatic carbocycles. The van der Waals surface area contributed by atoms with E-state index in [1.807, 2.05) is 6.26 Å². The van der Waals surface area contributed by atoms with Gasteiger partial charge in [0.2, 0.25) is 0 Å². The van der Waals surface area contributed by atoms with Gasteiger partial charge in [0.25, 0.3) is 0 Å². The Hall–Kier alpha value is -0.910. The summed E-state index contributed by atoms with van der Waals surface area (Å²) in [7, 11) is 1.33. The van der Waals surface area contributed by atoms with Crippen molar-refractivity contribution >= 4 is 23.8 Å². The number of thioether (sulfide) groups is 1. The predicted octanol–water partition coefficient (Wildman–Crippen LogP) is 1.77. The first-order chi connectivity index (χ1) is 8.65. The molecule has 2 N–H and O–H groups in total. The zero-order valence-electron chi connectivity index (χ0n) is 11.5. The maximum atomic E-state index is 11.6. The Kier molecular flexibility index (Phi) is 10.6. The van der Waals surface area contributed by atoms with Crippen LogP contribution in [0.4, 0.5) is 4.79 Å². The van der Waals surface area contributed by atoms with Crippen molar-refractivity contribution in [3.8, 4) is 0 Å². The van der Waals surface area contributed by atoms with Gasteiger partial charge in [0.05, 0.1) is 7.11 Å². The molecular formula is C12H24N2O3S. The Labute approximate surface area is 113 Å². The monoisotopic (exact) mass is 276 g/mol. The summed E-state index contributed by atoms with van der Waals surface area (Å²) < 4.78 is 4.66. The van der Waals surface area contributed by atoms with Crippen LogP contribution in [0.2, 0.25) is 0 Å². The molecule has 0 saturated carbocycles. The smallest absolute Gasteiger partial charge is 0.328 e. The summed E-state index contributed by atoms with van der Waals surface area (Å²) in [5.41, 5.74) is 0. The fourth-order valence-electron chi connectivity index (χ4n) is 1.41. The Morgan fingerprint density at radius 1 is 1.33 bits per heavy atom. The molecule has 1 atom stereocenters. The highest BCUT2D eigenvalue weighted by Gasteiger charge is 2.20. The zero-order chi connectivity index (χ0) is 13.8. The fourth-order valence-corrected chi connectivity index (χ4v) is 1.88. The van der Waals surface area contributed by atoms with Crippen LogP contribution in [0.3, 0.4) is 0 Å². The molecule has 0 aromatic carbocycles. The predicted molar refractivity (Wildman–Crippen MR) is 74.9 cm³/mol. The lowest BCUT2D eigenvalue weighted by Gasteiger charge is -2.16. The molecule has 0 spiro atoms. The normalized spacial score (nSPS) is 11.7. The molecule has 18 heavy (non-hydrogen) atoms. The number of carbonyl (C=O) groups excluding carboxylic acids is 2. The molecule has 0 heterocycles. The van der Waals surface area contributed by atoms with E-state index in [1.54, 1.807) is 11.8 Å². The number of nitrogens with one attached hydrogen (secondary N) is 2. The van der Waals surface area contributed by atoms with Gasteiger partial charge in [0, 0.05) is 6.54 Å². The van der Waals surface area contributed by atoms with Crippen molar-refractivity contribution in [2.24, 2.45) is 0 Å². The average Bonchev–Trinajstić information content (AvgIpc) is 2.38. The van der Waals surface area contributed by atoms with Crippen molar-refractivity contribution in [3.05, 3.63) is 0 Å². The van der Waals surface area contributed by atoms with E-state index < -0.39 is 12.0 Å². The average molecular weight is 276 g/mol. The molecule has 5 nitrogen and oxygen atoms in total. The lowest BCUT2D eigenvalue weighted by atomic mass is 10.2. The Balaban J connectivity index is 3.98. The van der Waals surface area contributed by atoms with E-state index in [0.717, 1.165) is 25.0 Å². The van der Waals surface area contributed by atoms with Crippen LogP contribution in [0.5, 0.6) is 0 Å². The van der Waals surface area contributed by atoms with Gasteiger partial charge in [-0.1, -0.05) is 19.8 Å². The molecule has 2 amide bonds. The Morgan fingerprint density at radius 2 is 2.06 bits per heavy atom. The van der Waals surface area contributed by atoms with Crippen LogP contribution in [0.15, 0.2) is 0 Å². The van der Waals surface area contributed by atoms with Gasteiger partial charge >= 0.3 is 12.0 Å². The molecule has 1 unspecified atom stereocenters. The SMILES string of the molecule is CCCCCNC(=O)NC(CCSC)C(=O)OC. The highest BCUT2D eigenvalue weighted by Crippen LogP contribution is 2.02. The molecule has 106 valence electrons. The van der Waals surface area contributed by atoms with Gasteiger partial charge < -0.3 is 15.4 Å². The molecular weight excluding hydrogens is 252 g/mol. The molecule has 0 rings (SSSR count). The van der Waals surface area contributed by atoms with Gasteiger partial charge in [-0.2, -0.15) is 11.8 Å². The van der Waals surface area contributed by atoms with Crippen LogP contribution in [-0.4, -0.2) is 43.7 Å². The van der Waals surface area contributed by atoms with Crippen molar-refractivity contribution in [2.45, 2.75) is 38.6 Å². The van der Waals surface area contributed by atoms with E-state index >= 15 is 0 Å². The fraction of sp³-hybridized carbons (Fsp3) is 0.833. The van der Waals surface area contributed by atoms with Crippen LogP contribution in [0.25, 0.3) is 0 Å². The second kappa shape index (κ2) is 11.2. The van der Waals surface area contributed by atoms with Crippen molar-refractivity contribution in [2.75, 3.05) is 25.7 Å². The van der Waals surface area contributed by atoms with E-state index in [4.69, 9.17) is 0 Å². The highest BCUT2D eigenvalue weighted by molar-refractivity contribution is 7.98. The largest absolute Gasteiger partial charge is 0.467 e. The summed E-state index contributed by atoms with van der Waals surface area (Å²) in [4.78, 5) is 23.0.